The predicted molar refractivity (Wildman–Crippen MR) is 303 cm³/mol. The summed E-state index contributed by atoms with van der Waals surface area (Å²) in [7, 11) is 0. The maximum Gasteiger partial charge on any atom is 0.255 e. The number of hydrogen-bond donors (Lipinski definition) is 4. The largest absolute Gasteiger partial charge is 0.322 e. The van der Waals surface area contributed by atoms with E-state index in [4.69, 9.17) is 45.0 Å². The number of carbonyl (C=O) groups excluding carboxylic acids is 4. The minimum atomic E-state index is -1.18. The lowest BCUT2D eigenvalue weighted by molar-refractivity contribution is 0.101. The smallest absolute Gasteiger partial charge is 0.255 e. The van der Waals surface area contributed by atoms with Crippen LogP contribution in [-0.2, 0) is 5.41 Å². The summed E-state index contributed by atoms with van der Waals surface area (Å²) >= 11 is 0. The second kappa shape index (κ2) is 22.3. The minimum Gasteiger partial charge on any atom is -0.322 e. The number of hydrogen-bond acceptors (Lipinski definition) is 4. The highest BCUT2D eigenvalue weighted by atomic mass is 16.2. The van der Waals surface area contributed by atoms with Gasteiger partial charge in [-0.2, -0.15) is 0 Å². The number of nitrogens with one attached hydrogen (secondary N) is 4. The van der Waals surface area contributed by atoms with Crippen molar-refractivity contribution in [1.82, 2.24) is 0 Å². The van der Waals surface area contributed by atoms with Gasteiger partial charge in [0.25, 0.3) is 23.6 Å². The van der Waals surface area contributed by atoms with Crippen LogP contribution in [0.3, 0.4) is 0 Å². The van der Waals surface area contributed by atoms with Gasteiger partial charge in [0.15, 0.2) is 0 Å². The Morgan fingerprint density at radius 1 is 0.303 bits per heavy atom. The molecule has 0 aliphatic heterocycles. The third-order valence-corrected chi connectivity index (χ3v) is 12.4. The van der Waals surface area contributed by atoms with Crippen molar-refractivity contribution in [3.05, 3.63) is 259 Å². The quantitative estimate of drug-likeness (QED) is 0.0721. The van der Waals surface area contributed by atoms with E-state index in [0.717, 1.165) is 27.8 Å². The molecule has 8 nitrogen and oxygen atoms in total. The normalized spacial score (nSPS) is 10.3. The van der Waals surface area contributed by atoms with Crippen molar-refractivity contribution in [2.45, 2.75) is 12.3 Å². The lowest BCUT2D eigenvalue weighted by Crippen LogP contribution is -2.31. The van der Waals surface area contributed by atoms with Crippen molar-refractivity contribution in [2.24, 2.45) is 0 Å². The Labute approximate surface area is 442 Å². The first-order valence-electron chi connectivity index (χ1n) is 23.3. The molecule has 8 aromatic rings. The zero-order valence-corrected chi connectivity index (χ0v) is 40.8. The van der Waals surface area contributed by atoms with Crippen LogP contribution >= 0.6 is 0 Å². The number of carbonyl (C=O) groups is 4. The van der Waals surface area contributed by atoms with Gasteiger partial charge in [-0.1, -0.05) is 90.0 Å². The summed E-state index contributed by atoms with van der Waals surface area (Å²) in [5, 5.41) is 11.9. The van der Waals surface area contributed by atoms with Crippen LogP contribution in [0.4, 0.5) is 22.7 Å². The molecule has 0 aromatic heterocycles. The second-order valence-corrected chi connectivity index (χ2v) is 17.4. The monoisotopic (exact) mass is 978 g/mol. The van der Waals surface area contributed by atoms with Crippen molar-refractivity contribution < 1.29 is 19.2 Å². The van der Waals surface area contributed by atoms with Crippen LogP contribution in [0.15, 0.2) is 170 Å². The summed E-state index contributed by atoms with van der Waals surface area (Å²) in [6, 6.07) is 49.2. The van der Waals surface area contributed by atoms with Gasteiger partial charge in [0, 0.05) is 83.9 Å². The van der Waals surface area contributed by atoms with Gasteiger partial charge < -0.3 is 21.3 Å². The second-order valence-electron chi connectivity index (χ2n) is 17.4. The van der Waals surface area contributed by atoms with Gasteiger partial charge in [-0.25, -0.2) is 0 Å². The number of aryl methyl sites for hydroxylation is 1. The Morgan fingerprint density at radius 2 is 0.500 bits per heavy atom. The van der Waals surface area contributed by atoms with Gasteiger partial charge in [-0.15, -0.1) is 45.0 Å². The van der Waals surface area contributed by atoms with Crippen molar-refractivity contribution in [2.75, 3.05) is 21.3 Å². The maximum atomic E-state index is 13.7. The lowest BCUT2D eigenvalue weighted by Gasteiger charge is -2.37. The molecule has 8 heteroatoms. The van der Waals surface area contributed by atoms with E-state index in [2.05, 4.69) is 62.7 Å². The fraction of sp³-hybridized carbons (Fsp3) is 0.0294. The molecule has 0 spiro atoms. The summed E-state index contributed by atoms with van der Waals surface area (Å²) in [6.45, 7) is 1.87. The molecule has 8 aromatic carbocycles. The van der Waals surface area contributed by atoms with Crippen LogP contribution in [0, 0.1) is 93.3 Å². The number of amides is 4. The summed E-state index contributed by atoms with van der Waals surface area (Å²) in [5.74, 6) is 16.2. The van der Waals surface area contributed by atoms with E-state index in [1.807, 2.05) is 61.5 Å². The molecule has 4 amide bonds. The molecule has 0 saturated carbocycles. The number of benzene rings is 8. The first kappa shape index (κ1) is 50.9. The Morgan fingerprint density at radius 3 is 0.711 bits per heavy atom. The van der Waals surface area contributed by atoms with E-state index in [1.54, 1.807) is 115 Å². The van der Waals surface area contributed by atoms with Crippen molar-refractivity contribution in [1.29, 1.82) is 0 Å². The van der Waals surface area contributed by atoms with Gasteiger partial charge in [-0.05, 0) is 156 Å². The first-order valence-corrected chi connectivity index (χ1v) is 23.3. The molecular weight excluding hydrogens is 937 g/mol. The topological polar surface area (TPSA) is 116 Å². The van der Waals surface area contributed by atoms with Crippen LogP contribution in [-0.4, -0.2) is 23.6 Å². The molecule has 8 rings (SSSR count). The van der Waals surface area contributed by atoms with E-state index in [0.29, 0.717) is 67.3 Å². The SMILES string of the molecule is C#Cc1cc(C)cc(C(=O)Nc2ccc(C(c3ccc(NC(=O)c4cc(C#C)cc(C#C)c4)cc3)(c3ccc(NC(=O)c4cc(C#C)cc(C#C)c4)cc3)c3ccc(NC(=O)c4cc(C#C)cc(C#C)c4)cc3)cc2)c1. The number of terminal acetylenes is 7. The minimum absolute atomic E-state index is 0.285. The van der Waals surface area contributed by atoms with E-state index in [9.17, 15) is 19.2 Å². The van der Waals surface area contributed by atoms with Crippen LogP contribution in [0.1, 0.15) is 108 Å². The van der Waals surface area contributed by atoms with Crippen molar-refractivity contribution in [3.63, 3.8) is 0 Å². The standard InChI is InChI=1S/C68H42N4O4/c1-9-45-32-44(8)33-52(37-45)64(73)69-60-24-16-56(17-25-60)68(57-18-26-61(27-19-57)70-65(74)53-38-46(10-2)34-47(11-3)39-53,58-20-28-62(29-21-58)71-66(75)54-40-48(12-4)35-49(13-5)41-54)59-22-30-63(31-23-59)72-67(76)55-42-50(14-6)36-51(15-7)43-55/h1-7,16-43H,8H3,(H,69,73)(H,70,74)(H,71,75)(H,72,76). The van der Waals surface area contributed by atoms with E-state index in [-0.39, 0.29) is 22.6 Å². The van der Waals surface area contributed by atoms with Crippen LogP contribution < -0.4 is 21.3 Å². The van der Waals surface area contributed by atoms with Crippen LogP contribution in [0.5, 0.6) is 0 Å². The van der Waals surface area contributed by atoms with Crippen molar-refractivity contribution >= 4 is 46.4 Å². The highest BCUT2D eigenvalue weighted by molar-refractivity contribution is 6.07. The molecule has 0 heterocycles. The van der Waals surface area contributed by atoms with Crippen LogP contribution in [0.25, 0.3) is 0 Å². The maximum absolute atomic E-state index is 13.7. The molecule has 0 aliphatic carbocycles. The highest BCUT2D eigenvalue weighted by Gasteiger charge is 2.39. The average Bonchev–Trinajstić information content (AvgIpc) is 3.46. The van der Waals surface area contributed by atoms with Gasteiger partial charge >= 0.3 is 0 Å². The van der Waals surface area contributed by atoms with E-state index < -0.39 is 23.1 Å². The zero-order valence-electron chi connectivity index (χ0n) is 40.8. The summed E-state index contributed by atoms with van der Waals surface area (Å²) in [5.41, 5.74) is 9.14. The molecule has 0 radical (unpaired) electrons. The van der Waals surface area contributed by atoms with Gasteiger partial charge in [-0.3, -0.25) is 19.2 Å². The Hall–Kier alpha value is -11.4. The fourth-order valence-corrected chi connectivity index (χ4v) is 8.80. The molecule has 76 heavy (non-hydrogen) atoms. The lowest BCUT2D eigenvalue weighted by atomic mass is 9.65. The summed E-state index contributed by atoms with van der Waals surface area (Å²) < 4.78 is 0. The summed E-state index contributed by atoms with van der Waals surface area (Å²) in [4.78, 5) is 54.7. The highest BCUT2D eigenvalue weighted by Crippen LogP contribution is 2.46. The molecule has 0 saturated heterocycles. The average molecular weight is 979 g/mol. The van der Waals surface area contributed by atoms with Gasteiger partial charge in [0.05, 0.1) is 5.41 Å². The van der Waals surface area contributed by atoms with Gasteiger partial charge in [0.1, 0.15) is 0 Å². The molecular formula is C68H42N4O4. The molecule has 0 unspecified atom stereocenters. The molecule has 0 fully saturated rings. The third kappa shape index (κ3) is 11.0. The van der Waals surface area contributed by atoms with Crippen molar-refractivity contribution in [3.8, 4) is 86.4 Å². The molecule has 0 aliphatic rings. The zero-order chi connectivity index (χ0) is 53.9. The number of rotatable bonds is 12. The Kier molecular flexibility index (Phi) is 15.0. The predicted octanol–water partition coefficient (Wildman–Crippen LogP) is 11.3. The summed E-state index contributed by atoms with van der Waals surface area (Å²) in [6.07, 6.45) is 39.7. The molecule has 0 bridgehead atoms. The van der Waals surface area contributed by atoms with Crippen LogP contribution in [0.2, 0.25) is 0 Å². The van der Waals surface area contributed by atoms with E-state index >= 15 is 0 Å². The Balaban J connectivity index is 1.25. The molecule has 358 valence electrons. The molecule has 4 N–H and O–H groups in total. The molecule has 0 atom stereocenters. The first-order chi connectivity index (χ1) is 36.8. The van der Waals surface area contributed by atoms with E-state index in [1.165, 1.54) is 0 Å². The Bertz CT molecular complexity index is 3550. The third-order valence-electron chi connectivity index (χ3n) is 12.4. The number of anilines is 4. The fourth-order valence-electron chi connectivity index (χ4n) is 8.80. The van der Waals surface area contributed by atoms with Gasteiger partial charge in [0.2, 0.25) is 0 Å².